The number of anilines is 1. The van der Waals surface area contributed by atoms with Crippen molar-refractivity contribution in [2.75, 3.05) is 11.4 Å². The quantitative estimate of drug-likeness (QED) is 0.637. The number of ether oxygens (including phenoxy) is 1. The van der Waals surface area contributed by atoms with Gasteiger partial charge in [-0.2, -0.15) is 5.26 Å². The van der Waals surface area contributed by atoms with E-state index in [9.17, 15) is 5.11 Å². The highest BCUT2D eigenvalue weighted by atomic mass is 32.1. The zero-order valence-corrected chi connectivity index (χ0v) is 15.6. The first-order chi connectivity index (χ1) is 12.6. The molecule has 1 aromatic carbocycles. The topological polar surface area (TPSA) is 66.3 Å². The van der Waals surface area contributed by atoms with Gasteiger partial charge in [-0.1, -0.05) is 17.9 Å². The van der Waals surface area contributed by atoms with Crippen molar-refractivity contribution >= 4 is 24.0 Å². The molecular weight excluding hydrogens is 348 g/mol. The van der Waals surface area contributed by atoms with Crippen LogP contribution in [0.2, 0.25) is 0 Å². The van der Waals surface area contributed by atoms with Gasteiger partial charge in [-0.25, -0.2) is 0 Å². The molecule has 0 atom stereocenters. The van der Waals surface area contributed by atoms with Gasteiger partial charge in [0.2, 0.25) is 11.8 Å². The summed E-state index contributed by atoms with van der Waals surface area (Å²) >= 11 is 5.42. The highest BCUT2D eigenvalue weighted by molar-refractivity contribution is 7.71. The molecule has 1 aromatic heterocycles. The molecule has 0 bridgehead atoms. The molecule has 134 valence electrons. The molecule has 0 saturated heterocycles. The third kappa shape index (κ3) is 3.01. The van der Waals surface area contributed by atoms with Gasteiger partial charge in [-0.05, 0) is 38.2 Å². The van der Waals surface area contributed by atoms with Gasteiger partial charge in [0.1, 0.15) is 5.69 Å². The van der Waals surface area contributed by atoms with Gasteiger partial charge < -0.3 is 19.3 Å². The maximum absolute atomic E-state index is 10.5. The summed E-state index contributed by atoms with van der Waals surface area (Å²) in [5, 5.41) is 19.4. The van der Waals surface area contributed by atoms with E-state index >= 15 is 0 Å². The molecule has 0 fully saturated rings. The fourth-order valence-corrected chi connectivity index (χ4v) is 3.40. The number of nitrogens with zero attached hydrogens (tertiary/aromatic N) is 4. The maximum atomic E-state index is 10.5. The van der Waals surface area contributed by atoms with E-state index in [0.717, 1.165) is 18.0 Å². The summed E-state index contributed by atoms with van der Waals surface area (Å²) in [6.07, 6.45) is 1.96. The number of benzene rings is 1. The van der Waals surface area contributed by atoms with Gasteiger partial charge in [0.05, 0.1) is 18.2 Å². The number of hydrogen-bond donors (Lipinski definition) is 1. The number of hydrogen-bond acceptors (Lipinski definition) is 5. The summed E-state index contributed by atoms with van der Waals surface area (Å²) in [5.74, 6) is 1.40. The predicted molar refractivity (Wildman–Crippen MR) is 102 cm³/mol. The van der Waals surface area contributed by atoms with Crippen molar-refractivity contribution in [3.8, 4) is 17.7 Å². The number of rotatable bonds is 5. The smallest absolute Gasteiger partial charge is 0.246 e. The van der Waals surface area contributed by atoms with Crippen LogP contribution in [0.4, 0.5) is 5.69 Å². The van der Waals surface area contributed by atoms with Crippen molar-refractivity contribution in [2.24, 2.45) is 0 Å². The van der Waals surface area contributed by atoms with Gasteiger partial charge in [-0.3, -0.25) is 4.57 Å². The zero-order valence-electron chi connectivity index (χ0n) is 14.8. The molecule has 2 aromatic rings. The number of para-hydroxylation sites is 2. The Hall–Kier alpha value is -2.94. The lowest BCUT2D eigenvalue weighted by Crippen LogP contribution is -2.18. The number of nitriles is 1. The molecule has 1 aliphatic heterocycles. The minimum Gasteiger partial charge on any atom is -0.493 e. The highest BCUT2D eigenvalue weighted by Gasteiger charge is 2.24. The van der Waals surface area contributed by atoms with Crippen LogP contribution in [0.1, 0.15) is 26.0 Å². The van der Waals surface area contributed by atoms with Crippen LogP contribution in [-0.2, 0) is 13.1 Å². The van der Waals surface area contributed by atoms with Crippen molar-refractivity contribution < 1.29 is 9.84 Å². The van der Waals surface area contributed by atoms with Crippen LogP contribution >= 0.6 is 12.2 Å². The van der Waals surface area contributed by atoms with E-state index < -0.39 is 0 Å². The van der Waals surface area contributed by atoms with Crippen LogP contribution in [0.5, 0.6) is 11.6 Å². The van der Waals surface area contributed by atoms with Crippen LogP contribution in [-0.4, -0.2) is 20.8 Å². The number of aromatic hydroxyl groups is 1. The molecule has 6 nitrogen and oxygen atoms in total. The van der Waals surface area contributed by atoms with E-state index in [0.29, 0.717) is 29.4 Å². The van der Waals surface area contributed by atoms with Gasteiger partial charge in [0, 0.05) is 25.7 Å². The van der Waals surface area contributed by atoms with Crippen molar-refractivity contribution in [1.82, 2.24) is 9.13 Å². The Morgan fingerprint density at radius 1 is 1.23 bits per heavy atom. The summed E-state index contributed by atoms with van der Waals surface area (Å²) in [7, 11) is 0. The molecule has 0 radical (unpaired) electrons. The van der Waals surface area contributed by atoms with Crippen LogP contribution in [0.25, 0.3) is 6.08 Å². The molecular formula is C19H20N4O2S. The van der Waals surface area contributed by atoms with Crippen LogP contribution < -0.4 is 9.64 Å². The van der Waals surface area contributed by atoms with Gasteiger partial charge in [-0.15, -0.1) is 0 Å². The van der Waals surface area contributed by atoms with Crippen molar-refractivity contribution in [3.05, 3.63) is 46.3 Å². The molecule has 0 spiro atoms. The van der Waals surface area contributed by atoms with E-state index in [2.05, 4.69) is 11.8 Å². The molecule has 7 heteroatoms. The first kappa shape index (κ1) is 17.9. The lowest BCUT2D eigenvalue weighted by atomic mass is 10.3. The Labute approximate surface area is 157 Å². The lowest BCUT2D eigenvalue weighted by molar-refractivity contribution is 0.416. The Morgan fingerprint density at radius 2 is 2.00 bits per heavy atom. The average molecular weight is 368 g/mol. The maximum Gasteiger partial charge on any atom is 0.246 e. The second kappa shape index (κ2) is 7.52. The summed E-state index contributed by atoms with van der Waals surface area (Å²) < 4.78 is 9.75. The molecule has 0 aliphatic carbocycles. The van der Waals surface area contributed by atoms with Gasteiger partial charge in [0.25, 0.3) is 0 Å². The molecule has 0 amide bonds. The Morgan fingerprint density at radius 3 is 2.69 bits per heavy atom. The minimum atomic E-state index is 0.0405. The van der Waals surface area contributed by atoms with E-state index in [1.165, 1.54) is 0 Å². The lowest BCUT2D eigenvalue weighted by Gasteiger charge is -2.13. The Balaban J connectivity index is 2.05. The molecule has 26 heavy (non-hydrogen) atoms. The highest BCUT2D eigenvalue weighted by Crippen LogP contribution is 2.38. The number of fused-ring (bicyclic) bond motifs is 1. The first-order valence-electron chi connectivity index (χ1n) is 8.52. The summed E-state index contributed by atoms with van der Waals surface area (Å²) in [4.78, 5) is 2.01. The zero-order chi connectivity index (χ0) is 18.7. The first-order valence-corrected chi connectivity index (χ1v) is 8.93. The summed E-state index contributed by atoms with van der Waals surface area (Å²) in [5.41, 5.74) is 4.70. The van der Waals surface area contributed by atoms with Crippen molar-refractivity contribution in [3.63, 3.8) is 0 Å². The minimum absolute atomic E-state index is 0.0405. The van der Waals surface area contributed by atoms with Gasteiger partial charge in [0.15, 0.2) is 10.5 Å². The van der Waals surface area contributed by atoms with E-state index in [-0.39, 0.29) is 12.3 Å². The SMILES string of the molecule is CCN1C(=C=Cc2c(O)n(CCC#N)c(=S)n2CC)Oc2ccccc21. The third-order valence-electron chi connectivity index (χ3n) is 4.26. The van der Waals surface area contributed by atoms with E-state index in [1.807, 2.05) is 47.6 Å². The molecule has 1 aliphatic rings. The van der Waals surface area contributed by atoms with Crippen molar-refractivity contribution in [2.45, 2.75) is 33.4 Å². The molecule has 0 saturated carbocycles. The predicted octanol–water partition coefficient (Wildman–Crippen LogP) is 4.03. The number of imidazole rings is 1. The standard InChI is InChI=1S/C19H20N4O2S/c1-3-21-14-8-5-6-9-16(14)25-17(21)11-10-15-18(24)23(13-7-12-20)19(26)22(15)4-2/h5-6,8-10,24H,3-4,7,13H2,1-2H3. The average Bonchev–Trinajstić information content (AvgIpc) is 3.12. The summed E-state index contributed by atoms with van der Waals surface area (Å²) in [6.45, 7) is 5.69. The van der Waals surface area contributed by atoms with Crippen LogP contribution in [0.15, 0.2) is 35.9 Å². The Kier molecular flexibility index (Phi) is 5.17. The normalized spacial score (nSPS) is 12.3. The fraction of sp³-hybridized carbons (Fsp3) is 0.316. The number of aromatic nitrogens is 2. The largest absolute Gasteiger partial charge is 0.493 e. The molecule has 0 unspecified atom stereocenters. The van der Waals surface area contributed by atoms with Crippen molar-refractivity contribution in [1.29, 1.82) is 5.26 Å². The molecule has 3 rings (SSSR count). The van der Waals surface area contributed by atoms with Gasteiger partial charge >= 0.3 is 0 Å². The monoisotopic (exact) mass is 368 g/mol. The summed E-state index contributed by atoms with van der Waals surface area (Å²) in [6, 6.07) is 9.87. The Bertz CT molecular complexity index is 990. The molecule has 2 heterocycles. The second-order valence-electron chi connectivity index (χ2n) is 5.70. The second-order valence-corrected chi connectivity index (χ2v) is 6.07. The van der Waals surface area contributed by atoms with E-state index in [1.54, 1.807) is 10.6 Å². The third-order valence-corrected chi connectivity index (χ3v) is 4.70. The van der Waals surface area contributed by atoms with E-state index in [4.69, 9.17) is 22.2 Å². The molecule has 1 N–H and O–H groups in total. The fourth-order valence-electron chi connectivity index (χ4n) is 3.00. The van der Waals surface area contributed by atoms with Crippen LogP contribution in [0.3, 0.4) is 0 Å². The van der Waals surface area contributed by atoms with Crippen LogP contribution in [0, 0.1) is 16.1 Å².